The van der Waals surface area contributed by atoms with Crippen LogP contribution in [0.5, 0.6) is 0 Å². The van der Waals surface area contributed by atoms with Gasteiger partial charge in [0.1, 0.15) is 5.82 Å². The molecule has 0 saturated heterocycles. The van der Waals surface area contributed by atoms with Crippen molar-refractivity contribution in [3.8, 4) is 0 Å². The Labute approximate surface area is 133 Å². The zero-order valence-electron chi connectivity index (χ0n) is 12.5. The van der Waals surface area contributed by atoms with Gasteiger partial charge in [-0.25, -0.2) is 4.39 Å². The van der Waals surface area contributed by atoms with Crippen LogP contribution < -0.4 is 10.6 Å². The number of rotatable bonds is 5. The van der Waals surface area contributed by atoms with Gasteiger partial charge in [0.15, 0.2) is 0 Å². The van der Waals surface area contributed by atoms with Crippen LogP contribution in [0.2, 0.25) is 0 Å². The summed E-state index contributed by atoms with van der Waals surface area (Å²) < 4.78 is 13.4. The van der Waals surface area contributed by atoms with E-state index < -0.39 is 11.7 Å². The maximum Gasteiger partial charge on any atom is 0.243 e. The number of para-hydroxylation sites is 1. The number of amides is 2. The van der Waals surface area contributed by atoms with Crippen LogP contribution in [0.15, 0.2) is 54.6 Å². The second-order valence-electron chi connectivity index (χ2n) is 5.61. The summed E-state index contributed by atoms with van der Waals surface area (Å²) >= 11 is 0. The van der Waals surface area contributed by atoms with E-state index in [1.165, 1.54) is 12.1 Å². The normalized spacial score (nSPS) is 19.0. The number of hydrogen-bond acceptors (Lipinski definition) is 2. The van der Waals surface area contributed by atoms with Gasteiger partial charge >= 0.3 is 0 Å². The Balaban J connectivity index is 1.47. The summed E-state index contributed by atoms with van der Waals surface area (Å²) in [6.45, 7) is -0.162. The van der Waals surface area contributed by atoms with E-state index in [1.807, 2.05) is 30.3 Å². The van der Waals surface area contributed by atoms with Gasteiger partial charge in [-0.1, -0.05) is 42.5 Å². The van der Waals surface area contributed by atoms with Gasteiger partial charge in [-0.15, -0.1) is 0 Å². The molecule has 2 aromatic rings. The van der Waals surface area contributed by atoms with Crippen LogP contribution in [0.25, 0.3) is 0 Å². The summed E-state index contributed by atoms with van der Waals surface area (Å²) in [6.07, 6.45) is 0.796. The molecule has 1 aliphatic carbocycles. The molecule has 1 saturated carbocycles. The van der Waals surface area contributed by atoms with Gasteiger partial charge in [0, 0.05) is 5.92 Å². The first-order chi connectivity index (χ1) is 11.1. The third-order valence-corrected chi connectivity index (χ3v) is 3.93. The molecular weight excluding hydrogens is 295 g/mol. The maximum absolute atomic E-state index is 13.4. The fourth-order valence-electron chi connectivity index (χ4n) is 2.61. The molecule has 23 heavy (non-hydrogen) atoms. The van der Waals surface area contributed by atoms with Crippen LogP contribution >= 0.6 is 0 Å². The zero-order chi connectivity index (χ0) is 16.2. The molecule has 1 fully saturated rings. The molecule has 2 amide bonds. The minimum atomic E-state index is -0.501. The van der Waals surface area contributed by atoms with Crippen molar-refractivity contribution < 1.29 is 14.0 Å². The quantitative estimate of drug-likeness (QED) is 0.892. The van der Waals surface area contributed by atoms with Gasteiger partial charge < -0.3 is 10.6 Å². The first kappa shape index (κ1) is 15.2. The highest BCUT2D eigenvalue weighted by atomic mass is 19.1. The third kappa shape index (κ3) is 3.74. The molecule has 2 N–H and O–H groups in total. The number of carbonyl (C=O) groups excluding carboxylic acids is 2. The molecule has 5 heteroatoms. The smallest absolute Gasteiger partial charge is 0.243 e. The Hall–Kier alpha value is -2.69. The average molecular weight is 312 g/mol. The Morgan fingerprint density at radius 2 is 1.74 bits per heavy atom. The summed E-state index contributed by atoms with van der Waals surface area (Å²) in [5.41, 5.74) is 1.25. The molecule has 4 nitrogen and oxygen atoms in total. The van der Waals surface area contributed by atoms with Gasteiger partial charge in [-0.3, -0.25) is 9.59 Å². The van der Waals surface area contributed by atoms with Crippen molar-refractivity contribution in [1.82, 2.24) is 5.32 Å². The van der Waals surface area contributed by atoms with Crippen LogP contribution in [-0.4, -0.2) is 18.4 Å². The third-order valence-electron chi connectivity index (χ3n) is 3.93. The topological polar surface area (TPSA) is 58.2 Å². The van der Waals surface area contributed by atoms with Crippen LogP contribution in [0.3, 0.4) is 0 Å². The largest absolute Gasteiger partial charge is 0.347 e. The maximum atomic E-state index is 13.4. The van der Waals surface area contributed by atoms with Crippen LogP contribution in [0.1, 0.15) is 17.9 Å². The summed E-state index contributed by atoms with van der Waals surface area (Å²) in [5, 5.41) is 5.05. The Morgan fingerprint density at radius 1 is 1.04 bits per heavy atom. The molecule has 2 aromatic carbocycles. The van der Waals surface area contributed by atoms with Crippen LogP contribution in [0.4, 0.5) is 10.1 Å². The van der Waals surface area contributed by atoms with Crippen molar-refractivity contribution >= 4 is 17.5 Å². The summed E-state index contributed by atoms with van der Waals surface area (Å²) in [4.78, 5) is 23.8. The fourth-order valence-corrected chi connectivity index (χ4v) is 2.61. The van der Waals surface area contributed by atoms with Crippen molar-refractivity contribution in [2.24, 2.45) is 5.92 Å². The van der Waals surface area contributed by atoms with Gasteiger partial charge in [0.25, 0.3) is 0 Å². The van der Waals surface area contributed by atoms with E-state index in [1.54, 1.807) is 12.1 Å². The molecule has 0 radical (unpaired) electrons. The first-order valence-corrected chi connectivity index (χ1v) is 7.52. The van der Waals surface area contributed by atoms with Gasteiger partial charge in [0.2, 0.25) is 11.8 Å². The van der Waals surface area contributed by atoms with Gasteiger partial charge in [0.05, 0.1) is 12.2 Å². The zero-order valence-corrected chi connectivity index (χ0v) is 12.5. The minimum absolute atomic E-state index is 0.0846. The fraction of sp³-hybridized carbons (Fsp3) is 0.222. The predicted octanol–water partition coefficient (Wildman–Crippen LogP) is 2.68. The summed E-state index contributed by atoms with van der Waals surface area (Å²) in [7, 11) is 0. The highest BCUT2D eigenvalue weighted by molar-refractivity contribution is 5.95. The van der Waals surface area contributed by atoms with E-state index in [2.05, 4.69) is 10.6 Å². The molecule has 0 spiro atoms. The molecule has 3 rings (SSSR count). The van der Waals surface area contributed by atoms with E-state index in [0.29, 0.717) is 0 Å². The molecule has 0 heterocycles. The summed E-state index contributed by atoms with van der Waals surface area (Å²) in [5.74, 6) is -0.939. The van der Waals surface area contributed by atoms with Gasteiger partial charge in [-0.05, 0) is 30.0 Å². The Bertz CT molecular complexity index is 718. The van der Waals surface area contributed by atoms with E-state index in [0.717, 1.165) is 12.0 Å². The minimum Gasteiger partial charge on any atom is -0.347 e. The predicted molar refractivity (Wildman–Crippen MR) is 85.3 cm³/mol. The monoisotopic (exact) mass is 312 g/mol. The van der Waals surface area contributed by atoms with E-state index in [9.17, 15) is 14.0 Å². The van der Waals surface area contributed by atoms with E-state index in [-0.39, 0.29) is 30.0 Å². The molecule has 0 bridgehead atoms. The molecule has 2 unspecified atom stereocenters. The van der Waals surface area contributed by atoms with Crippen LogP contribution in [0, 0.1) is 11.7 Å². The number of anilines is 1. The van der Waals surface area contributed by atoms with Gasteiger partial charge in [-0.2, -0.15) is 0 Å². The number of hydrogen-bond donors (Lipinski definition) is 2. The van der Waals surface area contributed by atoms with Crippen molar-refractivity contribution in [2.75, 3.05) is 11.9 Å². The van der Waals surface area contributed by atoms with Crippen LogP contribution in [-0.2, 0) is 9.59 Å². The lowest BCUT2D eigenvalue weighted by atomic mass is 10.1. The molecule has 118 valence electrons. The average Bonchev–Trinajstić information content (AvgIpc) is 3.36. The molecule has 0 aromatic heterocycles. The summed E-state index contributed by atoms with van der Waals surface area (Å²) in [6, 6.07) is 15.8. The highest BCUT2D eigenvalue weighted by Crippen LogP contribution is 2.47. The molecule has 2 atom stereocenters. The number of nitrogens with one attached hydrogen (secondary N) is 2. The Kier molecular flexibility index (Phi) is 4.37. The molecular formula is C18H17FN2O2. The second-order valence-corrected chi connectivity index (χ2v) is 5.61. The molecule has 0 aliphatic heterocycles. The number of benzene rings is 2. The Morgan fingerprint density at radius 3 is 2.48 bits per heavy atom. The lowest BCUT2D eigenvalue weighted by molar-refractivity contribution is -0.125. The lowest BCUT2D eigenvalue weighted by Gasteiger charge is -2.07. The van der Waals surface area contributed by atoms with Crippen molar-refractivity contribution in [1.29, 1.82) is 0 Å². The van der Waals surface area contributed by atoms with Crippen molar-refractivity contribution in [3.63, 3.8) is 0 Å². The highest BCUT2D eigenvalue weighted by Gasteiger charge is 2.43. The molecule has 1 aliphatic rings. The lowest BCUT2D eigenvalue weighted by Crippen LogP contribution is -2.34. The SMILES string of the molecule is O=C(CNC(=O)C1CC1c1ccccc1)Nc1ccccc1F. The van der Waals surface area contributed by atoms with Crippen molar-refractivity contribution in [3.05, 3.63) is 66.0 Å². The number of carbonyl (C=O) groups is 2. The van der Waals surface area contributed by atoms with E-state index in [4.69, 9.17) is 0 Å². The second kappa shape index (κ2) is 6.60. The first-order valence-electron chi connectivity index (χ1n) is 7.52. The van der Waals surface area contributed by atoms with E-state index >= 15 is 0 Å². The standard InChI is InChI=1S/C18H17FN2O2/c19-15-8-4-5-9-16(15)21-17(22)11-20-18(23)14-10-13(14)12-6-2-1-3-7-12/h1-9,13-14H,10-11H2,(H,20,23)(H,21,22). The number of halogens is 1. The van der Waals surface area contributed by atoms with Crippen molar-refractivity contribution in [2.45, 2.75) is 12.3 Å².